The molecule has 0 saturated heterocycles. The maximum Gasteiger partial charge on any atom is 0.225 e. The van der Waals surface area contributed by atoms with Gasteiger partial charge >= 0.3 is 0 Å². The zero-order chi connectivity index (χ0) is 15.7. The van der Waals surface area contributed by atoms with Gasteiger partial charge in [0.1, 0.15) is 11.4 Å². The number of rotatable bonds is 5. The van der Waals surface area contributed by atoms with Crippen LogP contribution in [0.25, 0.3) is 0 Å². The second kappa shape index (κ2) is 5.69. The van der Waals surface area contributed by atoms with Crippen LogP contribution in [-0.4, -0.2) is 38.5 Å². The van der Waals surface area contributed by atoms with Gasteiger partial charge in [0.2, 0.25) is 11.8 Å². The zero-order valence-corrected chi connectivity index (χ0v) is 13.6. The Morgan fingerprint density at radius 2 is 2.23 bits per heavy atom. The molecule has 0 fully saturated rings. The molecule has 1 aliphatic rings. The molecule has 118 valence electrons. The number of thiazole rings is 1. The Morgan fingerprint density at radius 3 is 2.91 bits per heavy atom. The molecule has 0 aromatic carbocycles. The number of ether oxygens (including phenoxy) is 1. The molecular weight excluding hydrogens is 300 g/mol. The Bertz CT molecular complexity index is 662. The van der Waals surface area contributed by atoms with Crippen LogP contribution >= 0.6 is 11.3 Å². The van der Waals surface area contributed by atoms with Gasteiger partial charge in [0.15, 0.2) is 0 Å². The van der Waals surface area contributed by atoms with Gasteiger partial charge in [-0.15, -0.1) is 11.3 Å². The molecule has 3 heterocycles. The third-order valence-electron chi connectivity index (χ3n) is 3.79. The maximum atomic E-state index is 6.04. The molecule has 3 rings (SSSR count). The Hall–Kier alpha value is -1.93. The van der Waals surface area contributed by atoms with E-state index < -0.39 is 0 Å². The quantitative estimate of drug-likeness (QED) is 0.856. The predicted octanol–water partition coefficient (Wildman–Crippen LogP) is 1.31. The highest BCUT2D eigenvalue weighted by Gasteiger charge is 2.39. The number of likely N-dealkylation sites (N-methyl/N-ethyl adjacent to an activating group) is 1. The summed E-state index contributed by atoms with van der Waals surface area (Å²) in [6, 6.07) is 0. The minimum atomic E-state index is -0.384. The highest BCUT2D eigenvalue weighted by Crippen LogP contribution is 2.37. The van der Waals surface area contributed by atoms with Crippen molar-refractivity contribution in [1.82, 2.24) is 19.9 Å². The average molecular weight is 320 g/mol. The smallest absolute Gasteiger partial charge is 0.225 e. The van der Waals surface area contributed by atoms with Crippen LogP contribution in [0.1, 0.15) is 25.1 Å². The summed E-state index contributed by atoms with van der Waals surface area (Å²) < 4.78 is 6.04. The van der Waals surface area contributed by atoms with Gasteiger partial charge in [-0.05, 0) is 13.5 Å². The molecule has 7 nitrogen and oxygen atoms in total. The summed E-state index contributed by atoms with van der Waals surface area (Å²) in [5.74, 6) is 1.07. The molecule has 22 heavy (non-hydrogen) atoms. The molecule has 2 aromatic rings. The van der Waals surface area contributed by atoms with E-state index in [1.54, 1.807) is 11.3 Å². The van der Waals surface area contributed by atoms with Crippen molar-refractivity contribution in [2.24, 2.45) is 0 Å². The molecule has 1 unspecified atom stereocenters. The Labute approximate surface area is 133 Å². The van der Waals surface area contributed by atoms with Crippen molar-refractivity contribution in [3.63, 3.8) is 0 Å². The fraction of sp³-hybridized carbons (Fsp3) is 0.500. The lowest BCUT2D eigenvalue weighted by molar-refractivity contribution is 0.0587. The summed E-state index contributed by atoms with van der Waals surface area (Å²) in [7, 11) is 0. The number of hydrogen-bond acceptors (Lipinski definition) is 8. The molecule has 1 atom stereocenters. The van der Waals surface area contributed by atoms with Crippen molar-refractivity contribution in [2.75, 3.05) is 24.6 Å². The van der Waals surface area contributed by atoms with E-state index >= 15 is 0 Å². The molecular formula is C14H20N6OS. The Balaban J connectivity index is 1.73. The zero-order valence-electron chi connectivity index (χ0n) is 12.7. The molecule has 0 radical (unpaired) electrons. The molecule has 1 aliphatic heterocycles. The number of aromatic nitrogens is 3. The monoisotopic (exact) mass is 320 g/mol. The summed E-state index contributed by atoms with van der Waals surface area (Å²) in [6.45, 7) is 6.67. The van der Waals surface area contributed by atoms with Gasteiger partial charge in [-0.2, -0.15) is 9.97 Å². The average Bonchev–Trinajstić information content (AvgIpc) is 3.05. The van der Waals surface area contributed by atoms with Crippen LogP contribution in [0.5, 0.6) is 5.88 Å². The Morgan fingerprint density at radius 1 is 1.41 bits per heavy atom. The molecule has 0 bridgehead atoms. The molecule has 2 aromatic heterocycles. The normalized spacial score (nSPS) is 20.1. The first-order valence-electron chi connectivity index (χ1n) is 7.19. The van der Waals surface area contributed by atoms with Crippen LogP contribution in [0, 0.1) is 0 Å². The standard InChI is InChI=1S/C14H20N6OS/c1-3-20(5-9-6-22-8-17-9)7-14(2)4-10-11(15)18-13(16)19-12(10)21-14/h6,8H,3-5,7H2,1-2H3,(H4,15,16,18,19). The van der Waals surface area contributed by atoms with E-state index in [0.29, 0.717) is 18.1 Å². The summed E-state index contributed by atoms with van der Waals surface area (Å²) in [5, 5.41) is 2.07. The first kappa shape index (κ1) is 15.0. The van der Waals surface area contributed by atoms with Crippen molar-refractivity contribution in [3.05, 3.63) is 22.1 Å². The third-order valence-corrected chi connectivity index (χ3v) is 4.42. The van der Waals surface area contributed by atoms with E-state index in [1.165, 1.54) is 0 Å². The van der Waals surface area contributed by atoms with E-state index in [0.717, 1.165) is 30.9 Å². The van der Waals surface area contributed by atoms with Crippen molar-refractivity contribution in [1.29, 1.82) is 0 Å². The van der Waals surface area contributed by atoms with Crippen LogP contribution in [0.4, 0.5) is 11.8 Å². The van der Waals surface area contributed by atoms with Crippen molar-refractivity contribution < 1.29 is 4.74 Å². The summed E-state index contributed by atoms with van der Waals surface area (Å²) >= 11 is 1.61. The lowest BCUT2D eigenvalue weighted by Crippen LogP contribution is -2.44. The van der Waals surface area contributed by atoms with Crippen LogP contribution < -0.4 is 16.2 Å². The number of anilines is 2. The molecule has 0 amide bonds. The lowest BCUT2D eigenvalue weighted by Gasteiger charge is -2.30. The van der Waals surface area contributed by atoms with E-state index in [2.05, 4.69) is 39.1 Å². The highest BCUT2D eigenvalue weighted by atomic mass is 32.1. The van der Waals surface area contributed by atoms with Crippen molar-refractivity contribution >= 4 is 23.1 Å². The first-order chi connectivity index (χ1) is 10.5. The fourth-order valence-corrected chi connectivity index (χ4v) is 3.33. The maximum absolute atomic E-state index is 6.04. The lowest BCUT2D eigenvalue weighted by atomic mass is 9.99. The van der Waals surface area contributed by atoms with Gasteiger partial charge in [0.05, 0.1) is 16.8 Å². The van der Waals surface area contributed by atoms with Crippen LogP contribution in [-0.2, 0) is 13.0 Å². The second-order valence-corrected chi connectivity index (χ2v) is 6.48. The van der Waals surface area contributed by atoms with Crippen LogP contribution in [0.3, 0.4) is 0 Å². The molecule has 0 spiro atoms. The summed E-state index contributed by atoms with van der Waals surface area (Å²) in [5.41, 5.74) is 15.0. The molecule has 0 saturated carbocycles. The van der Waals surface area contributed by atoms with E-state index in [1.807, 2.05) is 5.51 Å². The molecule has 0 aliphatic carbocycles. The predicted molar refractivity (Wildman–Crippen MR) is 86.7 cm³/mol. The van der Waals surface area contributed by atoms with Gasteiger partial charge in [-0.1, -0.05) is 6.92 Å². The Kier molecular flexibility index (Phi) is 3.88. The van der Waals surface area contributed by atoms with Gasteiger partial charge in [0, 0.05) is 24.9 Å². The van der Waals surface area contributed by atoms with E-state index in [4.69, 9.17) is 16.2 Å². The largest absolute Gasteiger partial charge is 0.469 e. The minimum absolute atomic E-state index is 0.148. The van der Waals surface area contributed by atoms with Gasteiger partial charge in [0.25, 0.3) is 0 Å². The molecule has 4 N–H and O–H groups in total. The van der Waals surface area contributed by atoms with Gasteiger partial charge in [-0.3, -0.25) is 4.90 Å². The van der Waals surface area contributed by atoms with E-state index in [-0.39, 0.29) is 11.5 Å². The van der Waals surface area contributed by atoms with E-state index in [9.17, 15) is 0 Å². The number of fused-ring (bicyclic) bond motifs is 1. The van der Waals surface area contributed by atoms with Gasteiger partial charge < -0.3 is 16.2 Å². The minimum Gasteiger partial charge on any atom is -0.469 e. The number of hydrogen-bond donors (Lipinski definition) is 2. The highest BCUT2D eigenvalue weighted by molar-refractivity contribution is 7.07. The van der Waals surface area contributed by atoms with Crippen molar-refractivity contribution in [3.8, 4) is 5.88 Å². The SMILES string of the molecule is CCN(Cc1cscn1)CC1(C)Cc2c(N)nc(N)nc2O1. The van der Waals surface area contributed by atoms with Crippen LogP contribution in [0.2, 0.25) is 0 Å². The summed E-state index contributed by atoms with van der Waals surface area (Å²) in [4.78, 5) is 14.8. The third kappa shape index (κ3) is 2.97. The number of nitrogens with zero attached hydrogens (tertiary/aromatic N) is 4. The van der Waals surface area contributed by atoms with Crippen molar-refractivity contribution in [2.45, 2.75) is 32.4 Å². The van der Waals surface area contributed by atoms with Crippen LogP contribution in [0.15, 0.2) is 10.9 Å². The first-order valence-corrected chi connectivity index (χ1v) is 8.13. The second-order valence-electron chi connectivity index (χ2n) is 5.76. The topological polar surface area (TPSA) is 103 Å². The number of nitrogens with two attached hydrogens (primary N) is 2. The fourth-order valence-electron chi connectivity index (χ4n) is 2.78. The molecule has 8 heteroatoms. The summed E-state index contributed by atoms with van der Waals surface area (Å²) in [6.07, 6.45) is 0.683. The van der Waals surface area contributed by atoms with Gasteiger partial charge in [-0.25, -0.2) is 4.98 Å². The number of nitrogen functional groups attached to an aromatic ring is 2.